The Morgan fingerprint density at radius 2 is 2.16 bits per heavy atom. The fraction of sp³-hybridized carbons (Fsp3) is 0.786. The minimum absolute atomic E-state index is 0.660. The number of aromatic nitrogens is 1. The summed E-state index contributed by atoms with van der Waals surface area (Å²) in [6.45, 7) is 13.4. The van der Waals surface area contributed by atoms with Gasteiger partial charge >= 0.3 is 0 Å². The van der Waals surface area contributed by atoms with Gasteiger partial charge < -0.3 is 15.0 Å². The Morgan fingerprint density at radius 1 is 1.42 bits per heavy atom. The number of nitrogens with zero attached hydrogens (tertiary/aromatic N) is 2. The van der Waals surface area contributed by atoms with Crippen LogP contribution >= 0.6 is 11.3 Å². The van der Waals surface area contributed by atoms with Crippen LogP contribution in [-0.2, 0) is 11.3 Å². The minimum Gasteiger partial charge on any atom is -0.383 e. The standard InChI is InChI=1S/C14H27N3OS/c1-6-17(10-11(2)3)14-16-12(4)13(19-14)9-15-7-8-18-5/h11,15H,6-10H2,1-5H3. The number of thiazole rings is 1. The highest BCUT2D eigenvalue weighted by molar-refractivity contribution is 7.15. The quantitative estimate of drug-likeness (QED) is 0.708. The van der Waals surface area contributed by atoms with Gasteiger partial charge in [-0.3, -0.25) is 0 Å². The van der Waals surface area contributed by atoms with E-state index in [1.165, 1.54) is 4.88 Å². The van der Waals surface area contributed by atoms with Crippen LogP contribution in [0.15, 0.2) is 0 Å². The van der Waals surface area contributed by atoms with Crippen LogP contribution < -0.4 is 10.2 Å². The van der Waals surface area contributed by atoms with Crippen LogP contribution in [0.1, 0.15) is 31.3 Å². The van der Waals surface area contributed by atoms with E-state index in [2.05, 4.69) is 37.9 Å². The first-order chi connectivity index (χ1) is 9.08. The third-order valence-electron chi connectivity index (χ3n) is 2.89. The van der Waals surface area contributed by atoms with E-state index < -0.39 is 0 Å². The lowest BCUT2D eigenvalue weighted by atomic mass is 10.2. The van der Waals surface area contributed by atoms with E-state index in [1.54, 1.807) is 18.4 Å². The van der Waals surface area contributed by atoms with Crippen LogP contribution in [0.5, 0.6) is 0 Å². The predicted molar refractivity (Wildman–Crippen MR) is 83.2 cm³/mol. The fourth-order valence-electron chi connectivity index (χ4n) is 1.87. The van der Waals surface area contributed by atoms with Crippen molar-refractivity contribution in [2.24, 2.45) is 5.92 Å². The van der Waals surface area contributed by atoms with E-state index in [9.17, 15) is 0 Å². The molecular formula is C14H27N3OS. The zero-order valence-electron chi connectivity index (χ0n) is 12.8. The van der Waals surface area contributed by atoms with E-state index in [0.717, 1.165) is 43.6 Å². The Labute approximate surface area is 121 Å². The molecule has 1 aromatic heterocycles. The fourth-order valence-corrected chi connectivity index (χ4v) is 2.97. The Kier molecular flexibility index (Phi) is 7.34. The molecule has 0 saturated heterocycles. The first-order valence-electron chi connectivity index (χ1n) is 6.99. The van der Waals surface area contributed by atoms with Crippen molar-refractivity contribution in [1.29, 1.82) is 0 Å². The summed E-state index contributed by atoms with van der Waals surface area (Å²) in [7, 11) is 1.72. The summed E-state index contributed by atoms with van der Waals surface area (Å²) in [4.78, 5) is 8.40. The van der Waals surface area contributed by atoms with Crippen molar-refractivity contribution < 1.29 is 4.74 Å². The number of rotatable bonds is 9. The van der Waals surface area contributed by atoms with Crippen LogP contribution in [0.4, 0.5) is 5.13 Å². The lowest BCUT2D eigenvalue weighted by Crippen LogP contribution is -2.26. The molecule has 4 nitrogen and oxygen atoms in total. The summed E-state index contributed by atoms with van der Waals surface area (Å²) < 4.78 is 5.03. The molecule has 0 saturated carbocycles. The molecule has 0 aliphatic heterocycles. The number of nitrogens with one attached hydrogen (secondary N) is 1. The van der Waals surface area contributed by atoms with Crippen molar-refractivity contribution in [2.45, 2.75) is 34.2 Å². The van der Waals surface area contributed by atoms with Gasteiger partial charge in [-0.2, -0.15) is 0 Å². The highest BCUT2D eigenvalue weighted by atomic mass is 32.1. The molecule has 0 bridgehead atoms. The van der Waals surface area contributed by atoms with Gasteiger partial charge in [-0.05, 0) is 19.8 Å². The Hall–Kier alpha value is -0.650. The molecule has 0 amide bonds. The number of aryl methyl sites for hydroxylation is 1. The molecule has 19 heavy (non-hydrogen) atoms. The normalized spacial score (nSPS) is 11.3. The second-order valence-corrected chi connectivity index (χ2v) is 6.17. The Morgan fingerprint density at radius 3 is 2.74 bits per heavy atom. The second kappa shape index (κ2) is 8.51. The molecule has 0 spiro atoms. The molecule has 0 radical (unpaired) electrons. The lowest BCUT2D eigenvalue weighted by molar-refractivity contribution is 0.199. The molecule has 1 aromatic rings. The van der Waals surface area contributed by atoms with Crippen molar-refractivity contribution in [3.63, 3.8) is 0 Å². The monoisotopic (exact) mass is 285 g/mol. The molecule has 1 rings (SSSR count). The number of methoxy groups -OCH3 is 1. The first kappa shape index (κ1) is 16.4. The average Bonchev–Trinajstić information content (AvgIpc) is 2.73. The summed E-state index contributed by atoms with van der Waals surface area (Å²) in [5.41, 5.74) is 1.15. The molecule has 1 N–H and O–H groups in total. The number of hydrogen-bond acceptors (Lipinski definition) is 5. The number of hydrogen-bond donors (Lipinski definition) is 1. The van der Waals surface area contributed by atoms with Crippen molar-refractivity contribution in [2.75, 3.05) is 38.3 Å². The maximum absolute atomic E-state index is 5.03. The molecule has 0 aliphatic carbocycles. The molecule has 0 aliphatic rings. The second-order valence-electron chi connectivity index (χ2n) is 5.11. The van der Waals surface area contributed by atoms with Crippen molar-refractivity contribution in [1.82, 2.24) is 10.3 Å². The van der Waals surface area contributed by atoms with E-state index in [0.29, 0.717) is 5.92 Å². The van der Waals surface area contributed by atoms with Crippen LogP contribution in [-0.4, -0.2) is 38.3 Å². The summed E-state index contributed by atoms with van der Waals surface area (Å²) in [6.07, 6.45) is 0. The summed E-state index contributed by atoms with van der Waals surface area (Å²) in [5, 5.41) is 4.53. The van der Waals surface area contributed by atoms with Crippen LogP contribution in [0.2, 0.25) is 0 Å². The van der Waals surface area contributed by atoms with Crippen molar-refractivity contribution >= 4 is 16.5 Å². The van der Waals surface area contributed by atoms with Gasteiger partial charge in [0.15, 0.2) is 5.13 Å². The largest absolute Gasteiger partial charge is 0.383 e. The van der Waals surface area contributed by atoms with Gasteiger partial charge in [-0.25, -0.2) is 4.98 Å². The van der Waals surface area contributed by atoms with E-state index >= 15 is 0 Å². The minimum atomic E-state index is 0.660. The maximum atomic E-state index is 5.03. The highest BCUT2D eigenvalue weighted by Gasteiger charge is 2.13. The third kappa shape index (κ3) is 5.47. The van der Waals surface area contributed by atoms with Gasteiger partial charge in [0.05, 0.1) is 12.3 Å². The van der Waals surface area contributed by atoms with E-state index in [4.69, 9.17) is 9.72 Å². The summed E-state index contributed by atoms with van der Waals surface area (Å²) >= 11 is 1.80. The van der Waals surface area contributed by atoms with Gasteiger partial charge in [0.1, 0.15) is 0 Å². The average molecular weight is 285 g/mol. The van der Waals surface area contributed by atoms with Gasteiger partial charge in [0, 0.05) is 38.2 Å². The van der Waals surface area contributed by atoms with Crippen LogP contribution in [0.3, 0.4) is 0 Å². The maximum Gasteiger partial charge on any atom is 0.185 e. The third-order valence-corrected chi connectivity index (χ3v) is 4.11. The molecule has 0 unspecified atom stereocenters. The topological polar surface area (TPSA) is 37.4 Å². The Bertz CT molecular complexity index is 366. The van der Waals surface area contributed by atoms with Crippen molar-refractivity contribution in [3.8, 4) is 0 Å². The van der Waals surface area contributed by atoms with Gasteiger partial charge in [0.25, 0.3) is 0 Å². The smallest absolute Gasteiger partial charge is 0.185 e. The van der Waals surface area contributed by atoms with Gasteiger partial charge in [-0.15, -0.1) is 11.3 Å². The van der Waals surface area contributed by atoms with Gasteiger partial charge in [-0.1, -0.05) is 13.8 Å². The van der Waals surface area contributed by atoms with Crippen LogP contribution in [0, 0.1) is 12.8 Å². The Balaban J connectivity index is 2.61. The molecule has 0 atom stereocenters. The van der Waals surface area contributed by atoms with Crippen molar-refractivity contribution in [3.05, 3.63) is 10.6 Å². The molecule has 1 heterocycles. The summed E-state index contributed by atoms with van der Waals surface area (Å²) in [6, 6.07) is 0. The molecule has 5 heteroatoms. The SMILES string of the molecule is CCN(CC(C)C)c1nc(C)c(CNCCOC)s1. The van der Waals surface area contributed by atoms with Crippen LogP contribution in [0.25, 0.3) is 0 Å². The van der Waals surface area contributed by atoms with E-state index in [1.807, 2.05) is 0 Å². The molecule has 0 fully saturated rings. The molecular weight excluding hydrogens is 258 g/mol. The zero-order chi connectivity index (χ0) is 14.3. The highest BCUT2D eigenvalue weighted by Crippen LogP contribution is 2.26. The van der Waals surface area contributed by atoms with E-state index in [-0.39, 0.29) is 0 Å². The van der Waals surface area contributed by atoms with Gasteiger partial charge in [0.2, 0.25) is 0 Å². The predicted octanol–water partition coefficient (Wildman–Crippen LogP) is 2.67. The first-order valence-corrected chi connectivity index (χ1v) is 7.81. The lowest BCUT2D eigenvalue weighted by Gasteiger charge is -2.21. The number of anilines is 1. The number of ether oxygens (including phenoxy) is 1. The molecule has 0 aromatic carbocycles. The zero-order valence-corrected chi connectivity index (χ0v) is 13.6. The summed E-state index contributed by atoms with van der Waals surface area (Å²) in [5.74, 6) is 0.660. The molecule has 110 valence electrons.